The number of nitrogens with zero attached hydrogens (tertiary/aromatic N) is 3. The molecule has 1 saturated heterocycles. The van der Waals surface area contributed by atoms with Crippen molar-refractivity contribution >= 4 is 5.91 Å². The van der Waals surface area contributed by atoms with Crippen LogP contribution in [0, 0.1) is 0 Å². The first-order valence-electron chi connectivity index (χ1n) is 8.63. The first-order chi connectivity index (χ1) is 11.7. The number of nitrogens with one attached hydrogen (secondary N) is 2. The fourth-order valence-electron chi connectivity index (χ4n) is 2.72. The number of likely N-dealkylation sites (N-methyl/N-ethyl adjacent to an activating group) is 1. The monoisotopic (exact) mass is 335 g/mol. The molecule has 1 aliphatic rings. The maximum absolute atomic E-state index is 11.4. The minimum absolute atomic E-state index is 0.136. The third-order valence-electron chi connectivity index (χ3n) is 4.24. The minimum Gasteiger partial charge on any atom is -0.478 e. The summed E-state index contributed by atoms with van der Waals surface area (Å²) in [5, 5.41) is 5.77. The molecule has 0 spiro atoms. The summed E-state index contributed by atoms with van der Waals surface area (Å²) >= 11 is 0. The van der Waals surface area contributed by atoms with Crippen molar-refractivity contribution in [2.45, 2.75) is 6.42 Å². The van der Waals surface area contributed by atoms with E-state index in [4.69, 9.17) is 4.74 Å². The van der Waals surface area contributed by atoms with Crippen LogP contribution in [0.2, 0.25) is 0 Å². The van der Waals surface area contributed by atoms with Gasteiger partial charge in [0.2, 0.25) is 5.88 Å². The molecule has 1 aromatic rings. The number of aromatic nitrogens is 1. The van der Waals surface area contributed by atoms with E-state index in [0.29, 0.717) is 18.1 Å². The molecule has 2 heterocycles. The number of pyridine rings is 1. The molecule has 0 aromatic carbocycles. The van der Waals surface area contributed by atoms with E-state index in [1.54, 1.807) is 25.4 Å². The molecular formula is C17H29N5O2. The Labute approximate surface area is 144 Å². The van der Waals surface area contributed by atoms with E-state index in [9.17, 15) is 4.79 Å². The number of piperazine rings is 1. The number of hydrogen-bond acceptors (Lipinski definition) is 6. The van der Waals surface area contributed by atoms with Crippen molar-refractivity contribution in [1.29, 1.82) is 0 Å². The number of hydrogen-bond donors (Lipinski definition) is 2. The molecule has 2 N–H and O–H groups in total. The second-order valence-corrected chi connectivity index (χ2v) is 5.95. The Morgan fingerprint density at radius 1 is 1.17 bits per heavy atom. The van der Waals surface area contributed by atoms with Gasteiger partial charge in [-0.1, -0.05) is 0 Å². The lowest BCUT2D eigenvalue weighted by molar-refractivity contribution is 0.0962. The van der Waals surface area contributed by atoms with E-state index in [1.807, 2.05) is 7.05 Å². The van der Waals surface area contributed by atoms with Crippen molar-refractivity contribution in [3.8, 4) is 5.88 Å². The minimum atomic E-state index is -0.136. The molecule has 1 aliphatic heterocycles. The zero-order valence-corrected chi connectivity index (χ0v) is 14.8. The van der Waals surface area contributed by atoms with Gasteiger partial charge < -0.3 is 20.3 Å². The molecule has 0 saturated carbocycles. The molecule has 1 fully saturated rings. The lowest BCUT2D eigenvalue weighted by atomic mass is 10.3. The Morgan fingerprint density at radius 2 is 1.88 bits per heavy atom. The SMILES string of the molecule is CNCCN1CCN(CCCOc2ccc(C(=O)NC)cn2)CC1. The molecule has 0 aliphatic carbocycles. The average Bonchev–Trinajstić information content (AvgIpc) is 2.64. The molecule has 24 heavy (non-hydrogen) atoms. The summed E-state index contributed by atoms with van der Waals surface area (Å²) in [5.41, 5.74) is 0.543. The first kappa shape index (κ1) is 18.6. The van der Waals surface area contributed by atoms with E-state index in [1.165, 1.54) is 0 Å². The van der Waals surface area contributed by atoms with Gasteiger partial charge in [-0.2, -0.15) is 0 Å². The number of carbonyl (C=O) groups excluding carboxylic acids is 1. The smallest absolute Gasteiger partial charge is 0.252 e. The highest BCUT2D eigenvalue weighted by Gasteiger charge is 2.15. The Balaban J connectivity index is 1.59. The van der Waals surface area contributed by atoms with Crippen molar-refractivity contribution in [2.75, 3.05) is 66.5 Å². The van der Waals surface area contributed by atoms with E-state index in [2.05, 4.69) is 25.4 Å². The second-order valence-electron chi connectivity index (χ2n) is 5.95. The van der Waals surface area contributed by atoms with Crippen molar-refractivity contribution in [2.24, 2.45) is 0 Å². The third kappa shape index (κ3) is 6.07. The van der Waals surface area contributed by atoms with Crippen LogP contribution in [0.15, 0.2) is 18.3 Å². The van der Waals surface area contributed by atoms with Gasteiger partial charge in [0.1, 0.15) is 0 Å². The van der Waals surface area contributed by atoms with Crippen LogP contribution in [0.5, 0.6) is 5.88 Å². The summed E-state index contributed by atoms with van der Waals surface area (Å²) in [5.74, 6) is 0.433. The molecule has 0 atom stereocenters. The van der Waals surface area contributed by atoms with Crippen LogP contribution in [0.4, 0.5) is 0 Å². The van der Waals surface area contributed by atoms with Gasteiger partial charge in [0.25, 0.3) is 5.91 Å². The van der Waals surface area contributed by atoms with Gasteiger partial charge in [-0.25, -0.2) is 4.98 Å². The van der Waals surface area contributed by atoms with Crippen molar-refractivity contribution in [3.05, 3.63) is 23.9 Å². The van der Waals surface area contributed by atoms with Crippen LogP contribution < -0.4 is 15.4 Å². The number of carbonyl (C=O) groups is 1. The van der Waals surface area contributed by atoms with Crippen molar-refractivity contribution in [3.63, 3.8) is 0 Å². The summed E-state index contributed by atoms with van der Waals surface area (Å²) in [7, 11) is 3.60. The van der Waals surface area contributed by atoms with Gasteiger partial charge in [-0.05, 0) is 19.5 Å². The summed E-state index contributed by atoms with van der Waals surface area (Å²) in [4.78, 5) is 20.6. The van der Waals surface area contributed by atoms with E-state index in [-0.39, 0.29) is 5.91 Å². The molecule has 0 radical (unpaired) electrons. The molecule has 134 valence electrons. The Kier molecular flexibility index (Phi) is 7.94. The Bertz CT molecular complexity index is 486. The Hall–Kier alpha value is -1.70. The number of ether oxygens (including phenoxy) is 1. The standard InChI is InChI=1S/C17H29N5O2/c1-18-6-8-22-11-9-21(10-12-22)7-3-13-24-16-5-4-15(14-20-16)17(23)19-2/h4-5,14,18H,3,6-13H2,1-2H3,(H,19,23). The van der Waals surface area contributed by atoms with Crippen LogP contribution in [-0.4, -0.2) is 87.2 Å². The topological polar surface area (TPSA) is 69.7 Å². The summed E-state index contributed by atoms with van der Waals surface area (Å²) < 4.78 is 5.65. The van der Waals surface area contributed by atoms with Crippen LogP contribution in [0.25, 0.3) is 0 Å². The largest absolute Gasteiger partial charge is 0.478 e. The molecule has 7 heteroatoms. The molecule has 1 aromatic heterocycles. The Morgan fingerprint density at radius 3 is 2.46 bits per heavy atom. The predicted molar refractivity (Wildman–Crippen MR) is 94.5 cm³/mol. The molecule has 0 bridgehead atoms. The summed E-state index contributed by atoms with van der Waals surface area (Å²) in [6.07, 6.45) is 2.52. The maximum atomic E-state index is 11.4. The molecule has 1 amide bonds. The highest BCUT2D eigenvalue weighted by molar-refractivity contribution is 5.93. The predicted octanol–water partition coefficient (Wildman–Crippen LogP) is 0.0471. The first-order valence-corrected chi connectivity index (χ1v) is 8.63. The normalized spacial score (nSPS) is 16.1. The van der Waals surface area contributed by atoms with Crippen LogP contribution in [0.3, 0.4) is 0 Å². The lowest BCUT2D eigenvalue weighted by Gasteiger charge is -2.34. The highest BCUT2D eigenvalue weighted by atomic mass is 16.5. The number of rotatable bonds is 9. The van der Waals surface area contributed by atoms with Crippen LogP contribution in [0.1, 0.15) is 16.8 Å². The quantitative estimate of drug-likeness (QED) is 0.622. The zero-order valence-electron chi connectivity index (χ0n) is 14.8. The van der Waals surface area contributed by atoms with E-state index >= 15 is 0 Å². The fourth-order valence-corrected chi connectivity index (χ4v) is 2.72. The van der Waals surface area contributed by atoms with Crippen molar-refractivity contribution < 1.29 is 9.53 Å². The molecule has 7 nitrogen and oxygen atoms in total. The molecule has 2 rings (SSSR count). The molecular weight excluding hydrogens is 306 g/mol. The average molecular weight is 335 g/mol. The number of amides is 1. The summed E-state index contributed by atoms with van der Waals surface area (Å²) in [6.45, 7) is 8.43. The fraction of sp³-hybridized carbons (Fsp3) is 0.647. The van der Waals surface area contributed by atoms with E-state index in [0.717, 1.165) is 52.2 Å². The third-order valence-corrected chi connectivity index (χ3v) is 4.24. The lowest BCUT2D eigenvalue weighted by Crippen LogP contribution is -2.48. The zero-order chi connectivity index (χ0) is 17.2. The van der Waals surface area contributed by atoms with Crippen LogP contribution in [-0.2, 0) is 0 Å². The van der Waals surface area contributed by atoms with Gasteiger partial charge >= 0.3 is 0 Å². The highest BCUT2D eigenvalue weighted by Crippen LogP contribution is 2.08. The maximum Gasteiger partial charge on any atom is 0.252 e. The second kappa shape index (κ2) is 10.2. The summed E-state index contributed by atoms with van der Waals surface area (Å²) in [6, 6.07) is 3.47. The van der Waals surface area contributed by atoms with Gasteiger partial charge in [-0.15, -0.1) is 0 Å². The van der Waals surface area contributed by atoms with Crippen LogP contribution >= 0.6 is 0 Å². The van der Waals surface area contributed by atoms with Gasteiger partial charge in [0.15, 0.2) is 0 Å². The van der Waals surface area contributed by atoms with Crippen molar-refractivity contribution in [1.82, 2.24) is 25.4 Å². The van der Waals surface area contributed by atoms with E-state index < -0.39 is 0 Å². The van der Waals surface area contributed by atoms with Gasteiger partial charge in [0.05, 0.1) is 12.2 Å². The molecule has 0 unspecified atom stereocenters. The van der Waals surface area contributed by atoms with Gasteiger partial charge in [-0.3, -0.25) is 9.69 Å². The van der Waals surface area contributed by atoms with Gasteiger partial charge in [0, 0.05) is 65.1 Å².